The fourth-order valence-electron chi connectivity index (χ4n) is 2.81. The number of nitrogens with one attached hydrogen (secondary N) is 2. The Kier molecular flexibility index (Phi) is 4.62. The van der Waals surface area contributed by atoms with Crippen LogP contribution in [0.15, 0.2) is 42.5 Å². The highest BCUT2D eigenvalue weighted by Crippen LogP contribution is 2.29. The van der Waals surface area contributed by atoms with E-state index in [1.54, 1.807) is 41.9 Å². The maximum absolute atomic E-state index is 13.4. The number of amides is 2. The molecular weight excluding hydrogens is 337 g/mol. The molecule has 0 aliphatic rings. The van der Waals surface area contributed by atoms with Crippen molar-refractivity contribution in [3.63, 3.8) is 0 Å². The molecule has 1 heterocycles. The minimum absolute atomic E-state index is 0.219. The second kappa shape index (κ2) is 6.87. The van der Waals surface area contributed by atoms with Crippen molar-refractivity contribution in [3.05, 3.63) is 54.0 Å². The smallest absolute Gasteiger partial charge is 0.272 e. The highest BCUT2D eigenvalue weighted by atomic mass is 19.1. The molecule has 134 valence electrons. The molecule has 0 unspecified atom stereocenters. The normalized spacial score (nSPS) is 10.6. The zero-order chi connectivity index (χ0) is 18.8. The summed E-state index contributed by atoms with van der Waals surface area (Å²) < 4.78 is 20.4. The highest BCUT2D eigenvalue weighted by Gasteiger charge is 2.16. The molecule has 1 aromatic heterocycles. The van der Waals surface area contributed by atoms with Gasteiger partial charge >= 0.3 is 0 Å². The van der Waals surface area contributed by atoms with E-state index < -0.39 is 0 Å². The van der Waals surface area contributed by atoms with Gasteiger partial charge in [-0.2, -0.15) is 0 Å². The molecule has 0 saturated heterocycles. The van der Waals surface area contributed by atoms with Gasteiger partial charge in [0.2, 0.25) is 5.91 Å². The largest absolute Gasteiger partial charge is 0.495 e. The van der Waals surface area contributed by atoms with Crippen molar-refractivity contribution >= 4 is 34.1 Å². The number of methoxy groups -OCH3 is 1. The lowest BCUT2D eigenvalue weighted by Crippen LogP contribution is -2.16. The van der Waals surface area contributed by atoms with Crippen molar-refractivity contribution in [3.8, 4) is 5.75 Å². The molecule has 6 nitrogen and oxygen atoms in total. The molecule has 7 heteroatoms. The van der Waals surface area contributed by atoms with Crippen LogP contribution in [0.5, 0.6) is 5.75 Å². The van der Waals surface area contributed by atoms with Gasteiger partial charge in [0.25, 0.3) is 5.91 Å². The van der Waals surface area contributed by atoms with Crippen molar-refractivity contribution in [2.75, 3.05) is 17.7 Å². The van der Waals surface area contributed by atoms with E-state index >= 15 is 0 Å². The third-order valence-electron chi connectivity index (χ3n) is 4.01. The van der Waals surface area contributed by atoms with E-state index in [1.807, 2.05) is 0 Å². The molecule has 0 aliphatic carbocycles. The van der Waals surface area contributed by atoms with Crippen LogP contribution in [0.4, 0.5) is 15.8 Å². The van der Waals surface area contributed by atoms with Gasteiger partial charge in [0.05, 0.1) is 12.8 Å². The second-order valence-corrected chi connectivity index (χ2v) is 5.84. The molecule has 2 amide bonds. The Hall–Kier alpha value is -3.35. The number of carbonyl (C=O) groups excluding carboxylic acids is 2. The number of halogens is 1. The van der Waals surface area contributed by atoms with E-state index in [0.717, 1.165) is 5.52 Å². The summed E-state index contributed by atoms with van der Waals surface area (Å²) in [4.78, 5) is 24.0. The van der Waals surface area contributed by atoms with Crippen molar-refractivity contribution in [1.82, 2.24) is 4.57 Å². The van der Waals surface area contributed by atoms with Crippen LogP contribution in [0.3, 0.4) is 0 Å². The predicted molar refractivity (Wildman–Crippen MR) is 98.1 cm³/mol. The maximum Gasteiger partial charge on any atom is 0.272 e. The molecule has 0 radical (unpaired) electrons. The molecule has 3 rings (SSSR count). The van der Waals surface area contributed by atoms with Gasteiger partial charge in [-0.1, -0.05) is 0 Å². The Morgan fingerprint density at radius 3 is 2.54 bits per heavy atom. The lowest BCUT2D eigenvalue weighted by molar-refractivity contribution is -0.114. The molecule has 2 N–H and O–H groups in total. The molecule has 0 fully saturated rings. The Labute approximate surface area is 149 Å². The first-order valence-electron chi connectivity index (χ1n) is 7.91. The number of carbonyl (C=O) groups is 2. The van der Waals surface area contributed by atoms with Gasteiger partial charge in [0.15, 0.2) is 0 Å². The van der Waals surface area contributed by atoms with E-state index in [-0.39, 0.29) is 17.6 Å². The first kappa shape index (κ1) is 17.5. The van der Waals surface area contributed by atoms with Gasteiger partial charge in [0, 0.05) is 30.6 Å². The van der Waals surface area contributed by atoms with Crippen LogP contribution in [-0.4, -0.2) is 23.5 Å². The lowest BCUT2D eigenvalue weighted by Gasteiger charge is -2.13. The quantitative estimate of drug-likeness (QED) is 0.752. The number of anilines is 2. The Morgan fingerprint density at radius 2 is 1.85 bits per heavy atom. The van der Waals surface area contributed by atoms with Crippen LogP contribution in [0.25, 0.3) is 10.9 Å². The topological polar surface area (TPSA) is 72.4 Å². The van der Waals surface area contributed by atoms with Gasteiger partial charge < -0.3 is 19.9 Å². The summed E-state index contributed by atoms with van der Waals surface area (Å²) in [6.07, 6.45) is 0. The van der Waals surface area contributed by atoms with E-state index in [2.05, 4.69) is 10.6 Å². The van der Waals surface area contributed by atoms with Crippen LogP contribution in [0.1, 0.15) is 17.4 Å². The summed E-state index contributed by atoms with van der Waals surface area (Å²) in [6.45, 7) is 1.40. The zero-order valence-corrected chi connectivity index (χ0v) is 14.6. The number of aryl methyl sites for hydroxylation is 1. The van der Waals surface area contributed by atoms with Gasteiger partial charge in [-0.15, -0.1) is 0 Å². The third kappa shape index (κ3) is 3.37. The maximum atomic E-state index is 13.4. The SMILES string of the molecule is COc1ccc(NC(C)=O)cc1NC(=O)c1cc2cc(F)ccc2n1C. The zero-order valence-electron chi connectivity index (χ0n) is 14.6. The van der Waals surface area contributed by atoms with Crippen molar-refractivity contribution < 1.29 is 18.7 Å². The molecule has 0 atom stereocenters. The van der Waals surface area contributed by atoms with Gasteiger partial charge in [-0.3, -0.25) is 9.59 Å². The van der Waals surface area contributed by atoms with Gasteiger partial charge in [-0.05, 0) is 42.5 Å². The Bertz CT molecular complexity index is 1010. The number of rotatable bonds is 4. The fourth-order valence-corrected chi connectivity index (χ4v) is 2.81. The van der Waals surface area contributed by atoms with E-state index in [9.17, 15) is 14.0 Å². The minimum atomic E-state index is -0.373. The number of hydrogen-bond acceptors (Lipinski definition) is 3. The fraction of sp³-hybridized carbons (Fsp3) is 0.158. The van der Waals surface area contributed by atoms with Crippen molar-refractivity contribution in [2.24, 2.45) is 7.05 Å². The number of benzene rings is 2. The molecule has 0 aliphatic heterocycles. The summed E-state index contributed by atoms with van der Waals surface area (Å²) in [7, 11) is 3.22. The molecular formula is C19H18FN3O3. The number of hydrogen-bond donors (Lipinski definition) is 2. The standard InChI is InChI=1S/C19H18FN3O3/c1-11(24)21-14-5-7-18(26-3)15(10-14)22-19(25)17-9-12-8-13(20)4-6-16(12)23(17)2/h4-10H,1-3H3,(H,21,24)(H,22,25). The Morgan fingerprint density at radius 1 is 1.08 bits per heavy atom. The molecule has 2 aromatic carbocycles. The number of aromatic nitrogens is 1. The molecule has 0 bridgehead atoms. The Balaban J connectivity index is 1.94. The molecule has 26 heavy (non-hydrogen) atoms. The lowest BCUT2D eigenvalue weighted by atomic mass is 10.2. The number of ether oxygens (including phenoxy) is 1. The van der Waals surface area contributed by atoms with E-state index in [0.29, 0.717) is 28.2 Å². The van der Waals surface area contributed by atoms with Crippen LogP contribution in [0.2, 0.25) is 0 Å². The van der Waals surface area contributed by atoms with E-state index in [1.165, 1.54) is 26.2 Å². The van der Waals surface area contributed by atoms with Gasteiger partial charge in [0.1, 0.15) is 17.3 Å². The summed E-state index contributed by atoms with van der Waals surface area (Å²) in [5.74, 6) is -0.498. The molecule has 0 saturated carbocycles. The monoisotopic (exact) mass is 355 g/mol. The number of fused-ring (bicyclic) bond motifs is 1. The minimum Gasteiger partial charge on any atom is -0.495 e. The van der Waals surface area contributed by atoms with Crippen LogP contribution >= 0.6 is 0 Å². The van der Waals surface area contributed by atoms with Crippen molar-refractivity contribution in [1.29, 1.82) is 0 Å². The third-order valence-corrected chi connectivity index (χ3v) is 4.01. The van der Waals surface area contributed by atoms with E-state index in [4.69, 9.17) is 4.74 Å². The first-order valence-corrected chi connectivity index (χ1v) is 7.91. The second-order valence-electron chi connectivity index (χ2n) is 5.84. The highest BCUT2D eigenvalue weighted by molar-refractivity contribution is 6.07. The van der Waals surface area contributed by atoms with Crippen molar-refractivity contribution in [2.45, 2.75) is 6.92 Å². The average Bonchev–Trinajstić information content (AvgIpc) is 2.90. The number of nitrogens with zero attached hydrogens (tertiary/aromatic N) is 1. The average molecular weight is 355 g/mol. The van der Waals surface area contributed by atoms with Crippen LogP contribution < -0.4 is 15.4 Å². The summed E-state index contributed by atoms with van der Waals surface area (Å²) >= 11 is 0. The summed E-state index contributed by atoms with van der Waals surface area (Å²) in [5.41, 5.74) is 2.07. The summed E-state index contributed by atoms with van der Waals surface area (Å²) in [5, 5.41) is 6.07. The predicted octanol–water partition coefficient (Wildman–Crippen LogP) is 3.54. The molecule has 0 spiro atoms. The molecule has 3 aromatic rings. The first-order chi connectivity index (χ1) is 12.4. The van der Waals surface area contributed by atoms with Gasteiger partial charge in [-0.25, -0.2) is 4.39 Å². The summed E-state index contributed by atoms with van der Waals surface area (Å²) in [6, 6.07) is 10.9. The van der Waals surface area contributed by atoms with Crippen LogP contribution in [-0.2, 0) is 11.8 Å². The van der Waals surface area contributed by atoms with Crippen LogP contribution in [0, 0.1) is 5.82 Å².